The first-order valence-corrected chi connectivity index (χ1v) is 9.53. The summed E-state index contributed by atoms with van der Waals surface area (Å²) < 4.78 is 8.16. The highest BCUT2D eigenvalue weighted by Gasteiger charge is 2.35. The van der Waals surface area contributed by atoms with Gasteiger partial charge in [-0.15, -0.1) is 0 Å². The molecule has 0 bridgehead atoms. The number of hydrogen-bond acceptors (Lipinski definition) is 7. The fraction of sp³-hybridized carbons (Fsp3) is 0.105. The lowest BCUT2D eigenvalue weighted by Crippen LogP contribution is -2.29. The maximum Gasteiger partial charge on any atom is 0.288 e. The van der Waals surface area contributed by atoms with Gasteiger partial charge in [0, 0.05) is 21.2 Å². The second-order valence-corrected chi connectivity index (χ2v) is 7.33. The summed E-state index contributed by atoms with van der Waals surface area (Å²) >= 11 is 3.45. The average molecular weight is 452 g/mol. The van der Waals surface area contributed by atoms with Crippen molar-refractivity contribution in [2.24, 2.45) is 0 Å². The Hall–Kier alpha value is -3.53. The Kier molecular flexibility index (Phi) is 4.13. The van der Waals surface area contributed by atoms with Gasteiger partial charge in [0.15, 0.2) is 0 Å². The number of tetrazole rings is 1. The standard InChI is InChI=1S/C19H14BrN7O2/c1-29-13-5-3-2-4-12(13)17-14-15(10-6-8-11(20)9-7-10)22-23-18(28)16(14)21-19-24-25-26-27(17)19/h2-9,17H,1H3,(H,23,28)(H,21,24,26). The van der Waals surface area contributed by atoms with Crippen molar-refractivity contribution in [2.45, 2.75) is 6.04 Å². The second-order valence-electron chi connectivity index (χ2n) is 6.41. The van der Waals surface area contributed by atoms with Crippen LogP contribution in [0.4, 0.5) is 11.6 Å². The number of anilines is 2. The monoisotopic (exact) mass is 451 g/mol. The molecular weight excluding hydrogens is 438 g/mol. The maximum absolute atomic E-state index is 12.7. The van der Waals surface area contributed by atoms with Crippen LogP contribution in [0.2, 0.25) is 0 Å². The zero-order valence-corrected chi connectivity index (χ0v) is 16.7. The first kappa shape index (κ1) is 17.6. The Morgan fingerprint density at radius 3 is 2.72 bits per heavy atom. The van der Waals surface area contributed by atoms with Gasteiger partial charge in [-0.25, -0.2) is 5.10 Å². The van der Waals surface area contributed by atoms with E-state index in [9.17, 15) is 4.79 Å². The van der Waals surface area contributed by atoms with Crippen LogP contribution in [-0.4, -0.2) is 37.5 Å². The van der Waals surface area contributed by atoms with Crippen molar-refractivity contribution < 1.29 is 4.74 Å². The molecule has 0 fully saturated rings. The van der Waals surface area contributed by atoms with Gasteiger partial charge < -0.3 is 10.1 Å². The zero-order chi connectivity index (χ0) is 20.0. The van der Waals surface area contributed by atoms with Crippen molar-refractivity contribution in [3.05, 3.63) is 74.5 Å². The second kappa shape index (κ2) is 6.82. The molecule has 10 heteroatoms. The molecule has 1 aliphatic rings. The Morgan fingerprint density at radius 2 is 1.93 bits per heavy atom. The van der Waals surface area contributed by atoms with Crippen molar-refractivity contribution in [3.8, 4) is 17.0 Å². The quantitative estimate of drug-likeness (QED) is 0.433. The number of aromatic nitrogens is 6. The summed E-state index contributed by atoms with van der Waals surface area (Å²) in [6.07, 6.45) is 0. The molecule has 0 saturated heterocycles. The molecule has 9 nitrogen and oxygen atoms in total. The number of benzene rings is 2. The number of halogens is 1. The number of fused-ring (bicyclic) bond motifs is 2. The van der Waals surface area contributed by atoms with E-state index in [1.165, 1.54) is 0 Å². The minimum absolute atomic E-state index is 0.352. The first-order chi connectivity index (χ1) is 14.2. The van der Waals surface area contributed by atoms with Gasteiger partial charge in [-0.05, 0) is 28.6 Å². The van der Waals surface area contributed by atoms with Gasteiger partial charge in [0.25, 0.3) is 5.56 Å². The lowest BCUT2D eigenvalue weighted by molar-refractivity contribution is 0.402. The molecule has 1 unspecified atom stereocenters. The van der Waals surface area contributed by atoms with Crippen molar-refractivity contribution >= 4 is 27.6 Å². The molecule has 4 aromatic rings. The third-order valence-corrected chi connectivity index (χ3v) is 5.35. The molecule has 2 aromatic heterocycles. The molecule has 2 N–H and O–H groups in total. The lowest BCUT2D eigenvalue weighted by Gasteiger charge is -2.28. The van der Waals surface area contributed by atoms with Crippen LogP contribution in [0.3, 0.4) is 0 Å². The molecular formula is C19H14BrN7O2. The minimum Gasteiger partial charge on any atom is -0.496 e. The molecule has 3 heterocycles. The van der Waals surface area contributed by atoms with E-state index in [-0.39, 0.29) is 5.56 Å². The fourth-order valence-electron chi connectivity index (χ4n) is 3.55. The molecule has 29 heavy (non-hydrogen) atoms. The van der Waals surface area contributed by atoms with E-state index in [0.29, 0.717) is 28.6 Å². The summed E-state index contributed by atoms with van der Waals surface area (Å²) in [5.74, 6) is 1.03. The number of nitrogens with zero attached hydrogens (tertiary/aromatic N) is 5. The van der Waals surface area contributed by atoms with Crippen LogP contribution in [-0.2, 0) is 0 Å². The number of methoxy groups -OCH3 is 1. The highest BCUT2D eigenvalue weighted by atomic mass is 79.9. The molecule has 0 radical (unpaired) electrons. The van der Waals surface area contributed by atoms with Gasteiger partial charge in [0.1, 0.15) is 17.5 Å². The molecule has 0 spiro atoms. The van der Waals surface area contributed by atoms with E-state index >= 15 is 0 Å². The van der Waals surface area contributed by atoms with E-state index in [2.05, 4.69) is 47.0 Å². The number of nitrogens with one attached hydrogen (secondary N) is 2. The van der Waals surface area contributed by atoms with Gasteiger partial charge >= 0.3 is 0 Å². The topological polar surface area (TPSA) is 111 Å². The van der Waals surface area contributed by atoms with Gasteiger partial charge in [0.05, 0.1) is 12.8 Å². The molecule has 5 rings (SSSR count). The summed E-state index contributed by atoms with van der Waals surface area (Å²) in [5, 5.41) is 21.9. The number of para-hydroxylation sites is 1. The number of hydrogen-bond donors (Lipinski definition) is 2. The highest BCUT2D eigenvalue weighted by molar-refractivity contribution is 9.10. The van der Waals surface area contributed by atoms with Gasteiger partial charge in [-0.3, -0.25) is 4.79 Å². The smallest absolute Gasteiger partial charge is 0.288 e. The summed E-state index contributed by atoms with van der Waals surface area (Å²) in [4.78, 5) is 12.7. The molecule has 144 valence electrons. The lowest BCUT2D eigenvalue weighted by atomic mass is 9.92. The third-order valence-electron chi connectivity index (χ3n) is 4.82. The van der Waals surface area contributed by atoms with Gasteiger partial charge in [-0.2, -0.15) is 9.78 Å². The summed E-state index contributed by atoms with van der Waals surface area (Å²) in [7, 11) is 1.60. The maximum atomic E-state index is 12.7. The van der Waals surface area contributed by atoms with Crippen LogP contribution in [0.1, 0.15) is 17.2 Å². The first-order valence-electron chi connectivity index (χ1n) is 8.73. The molecule has 0 aliphatic carbocycles. The number of ether oxygens (including phenoxy) is 1. The number of H-pyrrole nitrogens is 1. The van der Waals surface area contributed by atoms with Crippen LogP contribution in [0.15, 0.2) is 57.8 Å². The van der Waals surface area contributed by atoms with Crippen LogP contribution in [0, 0.1) is 0 Å². The van der Waals surface area contributed by atoms with Crippen molar-refractivity contribution in [3.63, 3.8) is 0 Å². The van der Waals surface area contributed by atoms with Crippen LogP contribution < -0.4 is 15.6 Å². The zero-order valence-electron chi connectivity index (χ0n) is 15.1. The molecule has 1 atom stereocenters. The van der Waals surface area contributed by atoms with Crippen molar-refractivity contribution in [1.29, 1.82) is 0 Å². The largest absolute Gasteiger partial charge is 0.496 e. The van der Waals surface area contributed by atoms with Crippen molar-refractivity contribution in [2.75, 3.05) is 12.4 Å². The van der Waals surface area contributed by atoms with Crippen LogP contribution in [0.25, 0.3) is 11.3 Å². The summed E-state index contributed by atoms with van der Waals surface area (Å²) in [5.41, 5.74) is 2.96. The number of rotatable bonds is 3. The summed E-state index contributed by atoms with van der Waals surface area (Å²) in [6, 6.07) is 14.8. The SMILES string of the molecule is COc1ccccc1C1c2c(-c3ccc(Br)cc3)n[nH]c(=O)c2Nc2nnnn21. The van der Waals surface area contributed by atoms with E-state index in [4.69, 9.17) is 4.74 Å². The minimum atomic E-state index is -0.499. The predicted molar refractivity (Wildman–Crippen MR) is 109 cm³/mol. The molecule has 2 aromatic carbocycles. The van der Waals surface area contributed by atoms with E-state index in [0.717, 1.165) is 15.6 Å². The van der Waals surface area contributed by atoms with Gasteiger partial charge in [0.2, 0.25) is 5.95 Å². The Labute approximate surface area is 172 Å². The average Bonchev–Trinajstić information content (AvgIpc) is 3.22. The Bertz CT molecular complexity index is 1270. The predicted octanol–water partition coefficient (Wildman–Crippen LogP) is 2.89. The van der Waals surface area contributed by atoms with Crippen molar-refractivity contribution in [1.82, 2.24) is 30.4 Å². The number of aromatic amines is 1. The normalized spacial score (nSPS) is 14.6. The summed E-state index contributed by atoms with van der Waals surface area (Å²) in [6.45, 7) is 0. The molecule has 1 aliphatic heterocycles. The van der Waals surface area contributed by atoms with Gasteiger partial charge in [-0.1, -0.05) is 51.4 Å². The molecule has 0 amide bonds. The van der Waals surface area contributed by atoms with E-state index in [1.807, 2.05) is 48.5 Å². The molecule has 0 saturated carbocycles. The van der Waals surface area contributed by atoms with E-state index in [1.54, 1.807) is 11.8 Å². The van der Waals surface area contributed by atoms with Crippen LogP contribution in [0.5, 0.6) is 5.75 Å². The highest BCUT2D eigenvalue weighted by Crippen LogP contribution is 2.43. The Balaban J connectivity index is 1.84. The fourth-order valence-corrected chi connectivity index (χ4v) is 3.81. The van der Waals surface area contributed by atoms with E-state index < -0.39 is 6.04 Å². The van der Waals surface area contributed by atoms with Crippen LogP contribution >= 0.6 is 15.9 Å². The third kappa shape index (κ3) is 2.80. The Morgan fingerprint density at radius 1 is 1.14 bits per heavy atom.